The van der Waals surface area contributed by atoms with Gasteiger partial charge in [-0.1, -0.05) is 48.2 Å². The first-order valence-electron chi connectivity index (χ1n) is 12.6. The SMILES string of the molecule is O=C1Nc2ccccc2SC1=Cc1ccc(C(=O)NCCC[NH+]2CCN(c3ccccc3F)CC2)cc1. The number of quaternary nitrogens is 1. The highest BCUT2D eigenvalue weighted by Crippen LogP contribution is 2.38. The molecule has 190 valence electrons. The Kier molecular flexibility index (Phi) is 7.87. The largest absolute Gasteiger partial charge is 0.358 e. The van der Waals surface area contributed by atoms with Crippen LogP contribution in [0.4, 0.5) is 15.8 Å². The fraction of sp³-hybridized carbons (Fsp3) is 0.241. The van der Waals surface area contributed by atoms with Crippen LogP contribution in [0.15, 0.2) is 82.6 Å². The molecule has 0 aliphatic carbocycles. The Balaban J connectivity index is 1.06. The van der Waals surface area contributed by atoms with E-state index in [1.165, 1.54) is 22.7 Å². The van der Waals surface area contributed by atoms with Crippen LogP contribution in [0.2, 0.25) is 0 Å². The predicted molar refractivity (Wildman–Crippen MR) is 146 cm³/mol. The van der Waals surface area contributed by atoms with Crippen LogP contribution in [0.5, 0.6) is 0 Å². The molecule has 2 heterocycles. The van der Waals surface area contributed by atoms with E-state index in [0.29, 0.717) is 22.7 Å². The molecule has 37 heavy (non-hydrogen) atoms. The molecule has 2 amide bonds. The summed E-state index contributed by atoms with van der Waals surface area (Å²) in [6.07, 6.45) is 2.73. The first kappa shape index (κ1) is 25.0. The van der Waals surface area contributed by atoms with Crippen molar-refractivity contribution in [1.82, 2.24) is 5.32 Å². The highest BCUT2D eigenvalue weighted by atomic mass is 32.2. The van der Waals surface area contributed by atoms with Crippen molar-refractivity contribution in [3.63, 3.8) is 0 Å². The highest BCUT2D eigenvalue weighted by Gasteiger charge is 2.22. The van der Waals surface area contributed by atoms with Crippen LogP contribution in [0.25, 0.3) is 6.08 Å². The molecule has 3 N–H and O–H groups in total. The van der Waals surface area contributed by atoms with E-state index in [1.807, 2.05) is 54.6 Å². The van der Waals surface area contributed by atoms with Crippen LogP contribution in [0.3, 0.4) is 0 Å². The second-order valence-corrected chi connectivity index (χ2v) is 10.3. The van der Waals surface area contributed by atoms with Gasteiger partial charge in [0.15, 0.2) is 0 Å². The molecule has 1 saturated heterocycles. The lowest BCUT2D eigenvalue weighted by Gasteiger charge is -2.33. The van der Waals surface area contributed by atoms with Crippen LogP contribution < -0.4 is 20.4 Å². The molecule has 0 bridgehead atoms. The topological polar surface area (TPSA) is 65.9 Å². The third kappa shape index (κ3) is 6.21. The minimum Gasteiger partial charge on any atom is -0.358 e. The summed E-state index contributed by atoms with van der Waals surface area (Å²) in [6, 6.07) is 21.9. The van der Waals surface area contributed by atoms with Gasteiger partial charge in [-0.3, -0.25) is 9.59 Å². The Bertz CT molecular complexity index is 1300. The molecule has 2 aliphatic rings. The summed E-state index contributed by atoms with van der Waals surface area (Å²) in [6.45, 7) is 5.17. The van der Waals surface area contributed by atoms with E-state index >= 15 is 0 Å². The molecule has 6 nitrogen and oxygen atoms in total. The zero-order chi connectivity index (χ0) is 25.6. The number of hydrogen-bond acceptors (Lipinski definition) is 4. The molecule has 0 radical (unpaired) electrons. The maximum Gasteiger partial charge on any atom is 0.262 e. The van der Waals surface area contributed by atoms with Crippen molar-refractivity contribution in [2.24, 2.45) is 0 Å². The lowest BCUT2D eigenvalue weighted by molar-refractivity contribution is -0.900. The first-order chi connectivity index (χ1) is 18.1. The van der Waals surface area contributed by atoms with Gasteiger partial charge in [0.2, 0.25) is 0 Å². The maximum atomic E-state index is 14.0. The summed E-state index contributed by atoms with van der Waals surface area (Å²) >= 11 is 1.44. The molecule has 5 rings (SSSR count). The minimum atomic E-state index is -0.164. The number of nitrogens with zero attached hydrogens (tertiary/aromatic N) is 1. The molecular formula is C29H30FN4O2S+. The van der Waals surface area contributed by atoms with Crippen molar-refractivity contribution in [2.75, 3.05) is 49.5 Å². The predicted octanol–water partition coefficient (Wildman–Crippen LogP) is 3.44. The second-order valence-electron chi connectivity index (χ2n) is 9.23. The lowest BCUT2D eigenvalue weighted by Crippen LogP contribution is -3.15. The van der Waals surface area contributed by atoms with Gasteiger partial charge in [0.1, 0.15) is 5.82 Å². The molecule has 3 aromatic rings. The minimum absolute atomic E-state index is 0.0997. The van der Waals surface area contributed by atoms with Crippen molar-refractivity contribution in [3.8, 4) is 0 Å². The Labute approximate surface area is 220 Å². The Morgan fingerprint density at radius 2 is 1.76 bits per heavy atom. The normalized spacial score (nSPS) is 16.8. The van der Waals surface area contributed by atoms with Gasteiger partial charge in [-0.05, 0) is 48.0 Å². The third-order valence-electron chi connectivity index (χ3n) is 6.71. The van der Waals surface area contributed by atoms with E-state index in [0.717, 1.165) is 55.3 Å². The summed E-state index contributed by atoms with van der Waals surface area (Å²) in [5.74, 6) is -0.388. The molecule has 0 spiro atoms. The fourth-order valence-corrected chi connectivity index (χ4v) is 5.60. The summed E-state index contributed by atoms with van der Waals surface area (Å²) < 4.78 is 14.0. The number of benzene rings is 3. The van der Waals surface area contributed by atoms with E-state index < -0.39 is 0 Å². The average molecular weight is 518 g/mol. The van der Waals surface area contributed by atoms with Crippen molar-refractivity contribution < 1.29 is 18.9 Å². The molecular weight excluding hydrogens is 487 g/mol. The van der Waals surface area contributed by atoms with Crippen LogP contribution in [-0.2, 0) is 4.79 Å². The number of fused-ring (bicyclic) bond motifs is 1. The van der Waals surface area contributed by atoms with Gasteiger partial charge < -0.3 is 20.4 Å². The number of para-hydroxylation sites is 2. The number of amides is 2. The van der Waals surface area contributed by atoms with Crippen LogP contribution >= 0.6 is 11.8 Å². The van der Waals surface area contributed by atoms with E-state index in [9.17, 15) is 14.0 Å². The van der Waals surface area contributed by atoms with Crippen molar-refractivity contribution in [1.29, 1.82) is 0 Å². The number of hydrogen-bond donors (Lipinski definition) is 3. The second kappa shape index (κ2) is 11.6. The van der Waals surface area contributed by atoms with Gasteiger partial charge in [-0.2, -0.15) is 0 Å². The number of carbonyl (C=O) groups is 2. The Hall–Kier alpha value is -3.62. The molecule has 0 unspecified atom stereocenters. The molecule has 2 aliphatic heterocycles. The smallest absolute Gasteiger partial charge is 0.262 e. The maximum absolute atomic E-state index is 14.0. The number of anilines is 2. The third-order valence-corrected chi connectivity index (χ3v) is 7.81. The Morgan fingerprint density at radius 3 is 2.54 bits per heavy atom. The Morgan fingerprint density at radius 1 is 1.03 bits per heavy atom. The first-order valence-corrected chi connectivity index (χ1v) is 13.4. The van der Waals surface area contributed by atoms with Crippen LogP contribution in [0.1, 0.15) is 22.3 Å². The highest BCUT2D eigenvalue weighted by molar-refractivity contribution is 8.04. The van der Waals surface area contributed by atoms with Gasteiger partial charge in [0, 0.05) is 23.4 Å². The summed E-state index contributed by atoms with van der Waals surface area (Å²) in [5.41, 5.74) is 2.97. The molecule has 0 saturated carbocycles. The van der Waals surface area contributed by atoms with Crippen molar-refractivity contribution in [3.05, 3.63) is 94.6 Å². The quantitative estimate of drug-likeness (QED) is 0.332. The average Bonchev–Trinajstić information content (AvgIpc) is 2.92. The van der Waals surface area contributed by atoms with Crippen molar-refractivity contribution >= 4 is 41.0 Å². The molecule has 3 aromatic carbocycles. The van der Waals surface area contributed by atoms with Crippen LogP contribution in [-0.4, -0.2) is 51.1 Å². The molecule has 8 heteroatoms. The van der Waals surface area contributed by atoms with Gasteiger partial charge in [-0.25, -0.2) is 4.39 Å². The lowest BCUT2D eigenvalue weighted by atomic mass is 10.1. The van der Waals surface area contributed by atoms with Gasteiger partial charge in [0.05, 0.1) is 49.0 Å². The summed E-state index contributed by atoms with van der Waals surface area (Å²) in [7, 11) is 0. The molecule has 0 aromatic heterocycles. The van der Waals surface area contributed by atoms with E-state index in [-0.39, 0.29) is 17.6 Å². The summed E-state index contributed by atoms with van der Waals surface area (Å²) in [4.78, 5) is 30.2. The molecule has 1 fully saturated rings. The standard InChI is InChI=1S/C29H29FN4O2S/c30-23-6-1-3-8-25(23)34-18-16-33(17-19-34)15-5-14-31-28(35)22-12-10-21(11-13-22)20-27-29(36)32-24-7-2-4-9-26(24)37-27/h1-4,6-13,20H,5,14-19H2,(H,31,35)(H,32,36)/p+1. The summed E-state index contributed by atoms with van der Waals surface area (Å²) in [5, 5.41) is 5.92. The van der Waals surface area contributed by atoms with Gasteiger partial charge in [0.25, 0.3) is 11.8 Å². The monoisotopic (exact) mass is 517 g/mol. The van der Waals surface area contributed by atoms with Gasteiger partial charge in [-0.15, -0.1) is 0 Å². The number of nitrogens with one attached hydrogen (secondary N) is 3. The zero-order valence-electron chi connectivity index (χ0n) is 20.5. The zero-order valence-corrected chi connectivity index (χ0v) is 21.3. The molecule has 0 atom stereocenters. The number of halogens is 1. The number of rotatable bonds is 7. The van der Waals surface area contributed by atoms with E-state index in [1.54, 1.807) is 18.2 Å². The van der Waals surface area contributed by atoms with E-state index in [4.69, 9.17) is 0 Å². The van der Waals surface area contributed by atoms with E-state index in [2.05, 4.69) is 15.5 Å². The number of thioether (sulfide) groups is 1. The van der Waals surface area contributed by atoms with Crippen LogP contribution in [0, 0.1) is 5.82 Å². The van der Waals surface area contributed by atoms with Crippen molar-refractivity contribution in [2.45, 2.75) is 11.3 Å². The number of piperazine rings is 1. The number of carbonyl (C=O) groups excluding carboxylic acids is 2. The van der Waals surface area contributed by atoms with Gasteiger partial charge >= 0.3 is 0 Å². The fourth-order valence-electron chi connectivity index (χ4n) is 4.65.